The van der Waals surface area contributed by atoms with Crippen LogP contribution in [-0.2, 0) is 0 Å². The van der Waals surface area contributed by atoms with Crippen LogP contribution in [0.3, 0.4) is 0 Å². The van der Waals surface area contributed by atoms with Crippen molar-refractivity contribution in [2.45, 2.75) is 0 Å². The third-order valence-electron chi connectivity index (χ3n) is 5.29. The molecular formula is C22H14Cl2N6O8. The van der Waals surface area contributed by atoms with Crippen LogP contribution in [0.25, 0.3) is 33.6 Å². The summed E-state index contributed by atoms with van der Waals surface area (Å²) in [7, 11) is 0. The first-order chi connectivity index (χ1) is 17.2. The highest BCUT2D eigenvalue weighted by Crippen LogP contribution is 2.35. The van der Waals surface area contributed by atoms with Crippen LogP contribution in [0.15, 0.2) is 73.1 Å². The average Bonchev–Trinajstić information content (AvgIpc) is 2.88. The van der Waals surface area contributed by atoms with Gasteiger partial charge in [-0.3, -0.25) is 40.5 Å². The van der Waals surface area contributed by atoms with Crippen molar-refractivity contribution in [1.82, 2.24) is 0 Å². The standard InChI is InChI=1S/C22H12N6O8.2ClH/c29-25(30)15-1-3-17(21(11-15)27(33)34)13-5-7-23-19(9-13)20-10-14(6-8-24-20)18-4-2-16(26(31)32)12-22(18)28(35)36;;/h1-12H;2*1H. The molecule has 4 rings (SSSR count). The number of nitro groups is 4. The SMILES string of the molecule is O=[N+]([O-])c1ccc(-c2cc[nH+]c(-c3cc(-c4ccc([N+](=O)[O-])cc4[N+](=O)[O-])cc[nH+]3)c2)c([N+](=O)[O-])c1.[Cl-].[Cl-]. The molecule has 2 aromatic carbocycles. The van der Waals surface area contributed by atoms with Crippen molar-refractivity contribution in [3.05, 3.63) is 114 Å². The molecule has 0 bridgehead atoms. The number of halogens is 2. The quantitative estimate of drug-likeness (QED) is 0.181. The number of H-pyrrole nitrogens is 2. The Morgan fingerprint density at radius 2 is 0.868 bits per heavy atom. The number of rotatable bonds is 7. The normalized spacial score (nSPS) is 10.0. The van der Waals surface area contributed by atoms with Crippen molar-refractivity contribution in [2.24, 2.45) is 0 Å². The highest BCUT2D eigenvalue weighted by atomic mass is 35.5. The minimum atomic E-state index is -0.723. The largest absolute Gasteiger partial charge is 1.00 e. The number of non-ortho nitro benzene ring substituents is 2. The van der Waals surface area contributed by atoms with Crippen LogP contribution in [0, 0.1) is 40.5 Å². The van der Waals surface area contributed by atoms with Crippen LogP contribution in [0.5, 0.6) is 0 Å². The van der Waals surface area contributed by atoms with Gasteiger partial charge >= 0.3 is 0 Å². The van der Waals surface area contributed by atoms with Gasteiger partial charge in [-0.25, -0.2) is 9.97 Å². The van der Waals surface area contributed by atoms with E-state index in [1.807, 2.05) is 0 Å². The van der Waals surface area contributed by atoms with E-state index in [1.165, 1.54) is 36.7 Å². The summed E-state index contributed by atoms with van der Waals surface area (Å²) < 4.78 is 0. The predicted octanol–water partition coefficient (Wildman–Crippen LogP) is -2.04. The third-order valence-corrected chi connectivity index (χ3v) is 5.29. The monoisotopic (exact) mass is 560 g/mol. The lowest BCUT2D eigenvalue weighted by molar-refractivity contribution is -0.402. The molecule has 38 heavy (non-hydrogen) atoms. The van der Waals surface area contributed by atoms with Crippen LogP contribution >= 0.6 is 0 Å². The first kappa shape index (κ1) is 29.2. The Labute approximate surface area is 224 Å². The highest BCUT2D eigenvalue weighted by molar-refractivity contribution is 5.79. The van der Waals surface area contributed by atoms with E-state index in [9.17, 15) is 40.5 Å². The summed E-state index contributed by atoms with van der Waals surface area (Å²) in [5, 5.41) is 45.2. The number of benzene rings is 2. The van der Waals surface area contributed by atoms with E-state index >= 15 is 0 Å². The number of nitrogens with one attached hydrogen (secondary N) is 2. The number of aromatic amines is 2. The molecule has 0 saturated carbocycles. The Hall–Kier alpha value is -5.08. The van der Waals surface area contributed by atoms with Gasteiger partial charge in [0.25, 0.3) is 34.1 Å². The van der Waals surface area contributed by atoms with Gasteiger partial charge in [0.15, 0.2) is 12.4 Å². The van der Waals surface area contributed by atoms with Gasteiger partial charge in [0.05, 0.1) is 43.0 Å². The van der Waals surface area contributed by atoms with E-state index in [-0.39, 0.29) is 35.9 Å². The molecule has 4 aromatic rings. The summed E-state index contributed by atoms with van der Waals surface area (Å²) in [5.74, 6) is 0. The Morgan fingerprint density at radius 3 is 1.18 bits per heavy atom. The van der Waals surface area contributed by atoms with Gasteiger partial charge in [-0.1, -0.05) is 0 Å². The summed E-state index contributed by atoms with van der Waals surface area (Å²) >= 11 is 0. The smallest absolute Gasteiger partial charge is 0.284 e. The summed E-state index contributed by atoms with van der Waals surface area (Å²) in [6.45, 7) is 0. The zero-order valence-electron chi connectivity index (χ0n) is 18.7. The van der Waals surface area contributed by atoms with Gasteiger partial charge in [-0.05, 0) is 12.1 Å². The molecule has 0 spiro atoms. The lowest BCUT2D eigenvalue weighted by Gasteiger charge is -2.04. The number of nitro benzene ring substituents is 4. The minimum Gasteiger partial charge on any atom is -1.00 e. The van der Waals surface area contributed by atoms with Gasteiger partial charge in [0.1, 0.15) is 0 Å². The second-order valence-electron chi connectivity index (χ2n) is 7.41. The van der Waals surface area contributed by atoms with E-state index < -0.39 is 42.4 Å². The number of pyridine rings is 2. The summed E-state index contributed by atoms with van der Waals surface area (Å²) in [6, 6.07) is 12.9. The second-order valence-corrected chi connectivity index (χ2v) is 7.41. The van der Waals surface area contributed by atoms with Crippen molar-refractivity contribution in [2.75, 3.05) is 0 Å². The fraction of sp³-hybridized carbons (Fsp3) is 0. The molecule has 194 valence electrons. The summed E-state index contributed by atoms with van der Waals surface area (Å²) in [6.07, 6.45) is 3.04. The molecule has 2 heterocycles. The molecule has 0 amide bonds. The predicted molar refractivity (Wildman–Crippen MR) is 122 cm³/mol. The highest BCUT2D eigenvalue weighted by Gasteiger charge is 2.25. The van der Waals surface area contributed by atoms with Crippen LogP contribution in [0.4, 0.5) is 22.7 Å². The number of aromatic nitrogens is 2. The molecule has 0 aliphatic carbocycles. The van der Waals surface area contributed by atoms with Gasteiger partial charge in [0, 0.05) is 47.5 Å². The Balaban J connectivity index is 0.00000253. The molecule has 0 atom stereocenters. The molecule has 16 heteroatoms. The topological polar surface area (TPSA) is 201 Å². The second kappa shape index (κ2) is 11.8. The molecule has 0 saturated heterocycles. The van der Waals surface area contributed by atoms with E-state index in [0.29, 0.717) is 22.5 Å². The number of nitrogens with zero attached hydrogens (tertiary/aromatic N) is 4. The van der Waals surface area contributed by atoms with Gasteiger partial charge in [0.2, 0.25) is 0 Å². The molecule has 0 unspecified atom stereocenters. The van der Waals surface area contributed by atoms with Crippen molar-refractivity contribution in [3.63, 3.8) is 0 Å². The maximum Gasteiger partial charge on any atom is 0.284 e. The third kappa shape index (κ3) is 5.83. The van der Waals surface area contributed by atoms with Gasteiger partial charge in [-0.15, -0.1) is 0 Å². The Kier molecular flexibility index (Phi) is 9.03. The Bertz CT molecular complexity index is 1470. The fourth-order valence-corrected chi connectivity index (χ4v) is 3.64. The minimum absolute atomic E-state index is 0. The maximum atomic E-state index is 11.6. The zero-order chi connectivity index (χ0) is 26.0. The molecule has 0 fully saturated rings. The van der Waals surface area contributed by atoms with Crippen LogP contribution in [0.1, 0.15) is 0 Å². The van der Waals surface area contributed by atoms with Crippen LogP contribution < -0.4 is 34.8 Å². The molecule has 0 aliphatic rings. The lowest BCUT2D eigenvalue weighted by Crippen LogP contribution is -3.00. The summed E-state index contributed by atoms with van der Waals surface area (Å²) in [5.41, 5.74) is 0.277. The maximum absolute atomic E-state index is 11.6. The van der Waals surface area contributed by atoms with Crippen molar-refractivity contribution in [3.8, 4) is 33.6 Å². The lowest BCUT2D eigenvalue weighted by atomic mass is 10.0. The first-order valence-electron chi connectivity index (χ1n) is 10.1. The summed E-state index contributed by atoms with van der Waals surface area (Å²) in [4.78, 5) is 48.3. The average molecular weight is 561 g/mol. The fourth-order valence-electron chi connectivity index (χ4n) is 3.64. The van der Waals surface area contributed by atoms with E-state index in [0.717, 1.165) is 12.1 Å². The van der Waals surface area contributed by atoms with Gasteiger partial charge in [-0.2, -0.15) is 0 Å². The van der Waals surface area contributed by atoms with E-state index in [1.54, 1.807) is 24.3 Å². The number of hydrogen-bond acceptors (Lipinski definition) is 8. The van der Waals surface area contributed by atoms with E-state index in [4.69, 9.17) is 0 Å². The Morgan fingerprint density at radius 1 is 0.500 bits per heavy atom. The molecule has 0 radical (unpaired) electrons. The van der Waals surface area contributed by atoms with Gasteiger partial charge < -0.3 is 24.8 Å². The number of hydrogen-bond donors (Lipinski definition) is 0. The van der Waals surface area contributed by atoms with Crippen molar-refractivity contribution >= 4 is 22.7 Å². The molecule has 0 aliphatic heterocycles. The zero-order valence-corrected chi connectivity index (χ0v) is 20.3. The van der Waals surface area contributed by atoms with Crippen LogP contribution in [-0.4, -0.2) is 19.7 Å². The van der Waals surface area contributed by atoms with Crippen molar-refractivity contribution < 1.29 is 54.5 Å². The molecule has 14 nitrogen and oxygen atoms in total. The first-order valence-corrected chi connectivity index (χ1v) is 10.1. The van der Waals surface area contributed by atoms with Crippen molar-refractivity contribution in [1.29, 1.82) is 0 Å². The van der Waals surface area contributed by atoms with Crippen LogP contribution in [0.2, 0.25) is 0 Å². The molecule has 2 N–H and O–H groups in total. The molecule has 2 aromatic heterocycles. The van der Waals surface area contributed by atoms with E-state index in [2.05, 4.69) is 9.97 Å². The molecular weight excluding hydrogens is 547 g/mol.